The summed E-state index contributed by atoms with van der Waals surface area (Å²) in [4.78, 5) is 10.6. The molecule has 10 heavy (non-hydrogen) atoms. The molecular weight excluding hydrogens is 132 g/mol. The van der Waals surface area contributed by atoms with Gasteiger partial charge in [0.05, 0.1) is 12.5 Å². The molecule has 0 aromatic heterocycles. The minimum atomic E-state index is -0.736. The maximum atomic E-state index is 10.6. The third-order valence-corrected chi connectivity index (χ3v) is 1.28. The average Bonchev–Trinajstić information content (AvgIpc) is 1.87. The zero-order valence-electron chi connectivity index (χ0n) is 6.29. The van der Waals surface area contributed by atoms with Crippen molar-refractivity contribution >= 4 is 5.91 Å². The number of aliphatic hydroxyl groups excluding tert-OH is 1. The van der Waals surface area contributed by atoms with Crippen LogP contribution in [0.4, 0.5) is 0 Å². The van der Waals surface area contributed by atoms with Gasteiger partial charge in [0.25, 0.3) is 0 Å². The van der Waals surface area contributed by atoms with Crippen molar-refractivity contribution < 1.29 is 9.90 Å². The Labute approximate surface area is 60.4 Å². The summed E-state index contributed by atoms with van der Waals surface area (Å²) in [5.74, 6) is -0.190. The quantitative estimate of drug-likeness (QED) is 0.469. The normalized spacial score (nSPS) is 16.0. The van der Waals surface area contributed by atoms with E-state index in [1.807, 2.05) is 0 Å². The van der Waals surface area contributed by atoms with Gasteiger partial charge >= 0.3 is 0 Å². The number of carbonyl (C=O) groups is 1. The molecule has 0 aliphatic heterocycles. The van der Waals surface area contributed by atoms with Gasteiger partial charge in [-0.2, -0.15) is 0 Å². The maximum Gasteiger partial charge on any atom is 0.222 e. The van der Waals surface area contributed by atoms with Crippen LogP contribution in [-0.4, -0.2) is 30.2 Å². The number of nitrogens with one attached hydrogen (secondary N) is 1. The highest BCUT2D eigenvalue weighted by Crippen LogP contribution is 1.94. The fourth-order valence-electron chi connectivity index (χ4n) is 0.478. The summed E-state index contributed by atoms with van der Waals surface area (Å²) in [6.07, 6.45) is -0.659. The summed E-state index contributed by atoms with van der Waals surface area (Å²) in [7, 11) is 1.52. The number of hydrogen-bond donors (Lipinski definition) is 3. The van der Waals surface area contributed by atoms with Crippen molar-refractivity contribution in [2.24, 2.45) is 5.73 Å². The zero-order valence-corrected chi connectivity index (χ0v) is 6.29. The molecule has 0 bridgehead atoms. The minimum Gasteiger partial charge on any atom is -0.391 e. The lowest BCUT2D eigenvalue weighted by atomic mass is 10.1. The Bertz CT molecular complexity index is 114. The molecule has 0 radical (unpaired) electrons. The molecule has 0 heterocycles. The first-order valence-electron chi connectivity index (χ1n) is 3.22. The van der Waals surface area contributed by atoms with Crippen molar-refractivity contribution in [3.05, 3.63) is 0 Å². The van der Waals surface area contributed by atoms with Gasteiger partial charge in [-0.3, -0.25) is 4.79 Å². The van der Waals surface area contributed by atoms with E-state index in [0.717, 1.165) is 0 Å². The van der Waals surface area contributed by atoms with Gasteiger partial charge in [0.1, 0.15) is 0 Å². The smallest absolute Gasteiger partial charge is 0.222 e. The van der Waals surface area contributed by atoms with E-state index in [-0.39, 0.29) is 18.4 Å². The molecular formula is C6H14N2O2. The topological polar surface area (TPSA) is 75.3 Å². The summed E-state index contributed by atoms with van der Waals surface area (Å²) < 4.78 is 0. The Morgan fingerprint density at radius 1 is 1.80 bits per heavy atom. The molecule has 2 atom stereocenters. The fourth-order valence-corrected chi connectivity index (χ4v) is 0.478. The van der Waals surface area contributed by atoms with Crippen LogP contribution >= 0.6 is 0 Å². The maximum absolute atomic E-state index is 10.6. The number of carbonyl (C=O) groups excluding carboxylic acids is 1. The Kier molecular flexibility index (Phi) is 3.99. The second kappa shape index (κ2) is 4.24. The minimum absolute atomic E-state index is 0.0775. The van der Waals surface area contributed by atoms with Crippen LogP contribution in [-0.2, 0) is 4.79 Å². The Hall–Kier alpha value is -0.610. The Balaban J connectivity index is 3.57. The van der Waals surface area contributed by atoms with Gasteiger partial charge in [0.2, 0.25) is 5.91 Å². The molecule has 1 amide bonds. The molecule has 0 saturated carbocycles. The van der Waals surface area contributed by atoms with Crippen LogP contribution in [0.3, 0.4) is 0 Å². The van der Waals surface area contributed by atoms with Crippen molar-refractivity contribution in [3.8, 4) is 0 Å². The van der Waals surface area contributed by atoms with Crippen molar-refractivity contribution in [1.82, 2.24) is 5.32 Å². The van der Waals surface area contributed by atoms with E-state index in [0.29, 0.717) is 0 Å². The molecule has 0 saturated heterocycles. The zero-order chi connectivity index (χ0) is 8.15. The molecule has 4 N–H and O–H groups in total. The lowest BCUT2D eigenvalue weighted by Gasteiger charge is -2.12. The van der Waals surface area contributed by atoms with Crippen molar-refractivity contribution in [1.29, 1.82) is 0 Å². The second-order valence-corrected chi connectivity index (χ2v) is 2.30. The van der Waals surface area contributed by atoms with Gasteiger partial charge in [0.15, 0.2) is 0 Å². The molecule has 60 valence electrons. The second-order valence-electron chi connectivity index (χ2n) is 2.30. The third kappa shape index (κ3) is 3.42. The van der Waals surface area contributed by atoms with Gasteiger partial charge in [-0.15, -0.1) is 0 Å². The molecule has 0 aromatic rings. The molecule has 0 aliphatic carbocycles. The van der Waals surface area contributed by atoms with Gasteiger partial charge in [0, 0.05) is 13.1 Å². The lowest BCUT2D eigenvalue weighted by molar-refractivity contribution is -0.122. The summed E-state index contributed by atoms with van der Waals surface area (Å²) in [5.41, 5.74) is 5.31. The van der Waals surface area contributed by atoms with E-state index in [9.17, 15) is 4.79 Å². The average molecular weight is 146 g/mol. The van der Waals surface area contributed by atoms with Crippen LogP contribution < -0.4 is 11.1 Å². The molecule has 2 unspecified atom stereocenters. The SMILES string of the molecule is CNC(=O)CC(O)C(C)N. The number of amides is 1. The summed E-state index contributed by atoms with van der Waals surface area (Å²) in [5, 5.41) is 11.4. The monoisotopic (exact) mass is 146 g/mol. The van der Waals surface area contributed by atoms with E-state index in [2.05, 4.69) is 5.32 Å². The van der Waals surface area contributed by atoms with Crippen LogP contribution in [0.1, 0.15) is 13.3 Å². The van der Waals surface area contributed by atoms with Gasteiger partial charge in [-0.1, -0.05) is 0 Å². The van der Waals surface area contributed by atoms with E-state index in [1.54, 1.807) is 6.92 Å². The van der Waals surface area contributed by atoms with Gasteiger partial charge < -0.3 is 16.2 Å². The summed E-state index contributed by atoms with van der Waals surface area (Å²) >= 11 is 0. The highest BCUT2D eigenvalue weighted by molar-refractivity contribution is 5.76. The Morgan fingerprint density at radius 2 is 2.30 bits per heavy atom. The number of nitrogens with two attached hydrogens (primary N) is 1. The Morgan fingerprint density at radius 3 is 2.60 bits per heavy atom. The number of hydrogen-bond acceptors (Lipinski definition) is 3. The van der Waals surface area contributed by atoms with Crippen LogP contribution in [0.5, 0.6) is 0 Å². The third-order valence-electron chi connectivity index (χ3n) is 1.28. The van der Waals surface area contributed by atoms with Crippen LogP contribution in [0.25, 0.3) is 0 Å². The highest BCUT2D eigenvalue weighted by atomic mass is 16.3. The molecule has 0 fully saturated rings. The molecule has 0 aromatic carbocycles. The first-order valence-corrected chi connectivity index (χ1v) is 3.22. The molecule has 4 nitrogen and oxygen atoms in total. The van der Waals surface area contributed by atoms with Crippen molar-refractivity contribution in [2.45, 2.75) is 25.5 Å². The predicted octanol–water partition coefficient (Wildman–Crippen LogP) is -1.17. The predicted molar refractivity (Wildman–Crippen MR) is 38.3 cm³/mol. The fraction of sp³-hybridized carbons (Fsp3) is 0.833. The highest BCUT2D eigenvalue weighted by Gasteiger charge is 2.12. The summed E-state index contributed by atoms with van der Waals surface area (Å²) in [6.45, 7) is 1.66. The molecule has 0 spiro atoms. The van der Waals surface area contributed by atoms with Gasteiger partial charge in [-0.05, 0) is 6.92 Å². The standard InChI is InChI=1S/C6H14N2O2/c1-4(7)5(9)3-6(10)8-2/h4-5,9H,3,7H2,1-2H3,(H,8,10). The lowest BCUT2D eigenvalue weighted by Crippen LogP contribution is -2.35. The molecule has 4 heteroatoms. The van der Waals surface area contributed by atoms with E-state index in [1.165, 1.54) is 7.05 Å². The van der Waals surface area contributed by atoms with E-state index >= 15 is 0 Å². The van der Waals surface area contributed by atoms with Crippen molar-refractivity contribution in [3.63, 3.8) is 0 Å². The number of rotatable bonds is 3. The molecule has 0 aliphatic rings. The van der Waals surface area contributed by atoms with Crippen LogP contribution in [0.2, 0.25) is 0 Å². The van der Waals surface area contributed by atoms with E-state index in [4.69, 9.17) is 10.8 Å². The van der Waals surface area contributed by atoms with Crippen LogP contribution in [0, 0.1) is 0 Å². The van der Waals surface area contributed by atoms with Gasteiger partial charge in [-0.25, -0.2) is 0 Å². The first kappa shape index (κ1) is 9.39. The first-order chi connectivity index (χ1) is 4.57. The van der Waals surface area contributed by atoms with Crippen molar-refractivity contribution in [2.75, 3.05) is 7.05 Å². The number of aliphatic hydroxyl groups is 1. The largest absolute Gasteiger partial charge is 0.391 e. The van der Waals surface area contributed by atoms with E-state index < -0.39 is 6.10 Å². The summed E-state index contributed by atoms with van der Waals surface area (Å²) in [6, 6.07) is -0.350. The van der Waals surface area contributed by atoms with Crippen LogP contribution in [0.15, 0.2) is 0 Å². The molecule has 0 rings (SSSR count).